The Labute approximate surface area is 142 Å². The van der Waals surface area contributed by atoms with E-state index in [0.29, 0.717) is 6.04 Å². The van der Waals surface area contributed by atoms with Crippen LogP contribution in [0.5, 0.6) is 0 Å². The molecule has 1 saturated carbocycles. The van der Waals surface area contributed by atoms with Crippen molar-refractivity contribution in [3.8, 4) is 11.3 Å². The van der Waals surface area contributed by atoms with Gasteiger partial charge < -0.3 is 4.57 Å². The van der Waals surface area contributed by atoms with Crippen LogP contribution in [0.4, 0.5) is 10.1 Å². The predicted octanol–water partition coefficient (Wildman–Crippen LogP) is 5.58. The molecule has 2 aromatic carbocycles. The van der Waals surface area contributed by atoms with Gasteiger partial charge in [0.15, 0.2) is 4.80 Å². The van der Waals surface area contributed by atoms with Crippen LogP contribution in [0, 0.1) is 5.82 Å². The fraction of sp³-hybridized carbons (Fsp3) is 0.167. The van der Waals surface area contributed by atoms with Crippen molar-refractivity contribution >= 4 is 28.6 Å². The number of thiazole rings is 1. The second kappa shape index (κ2) is 5.95. The Kier molecular flexibility index (Phi) is 3.79. The second-order valence-corrected chi connectivity index (χ2v) is 6.87. The van der Waals surface area contributed by atoms with E-state index in [1.54, 1.807) is 23.5 Å². The van der Waals surface area contributed by atoms with Crippen molar-refractivity contribution in [1.82, 2.24) is 4.57 Å². The Morgan fingerprint density at radius 1 is 1.04 bits per heavy atom. The van der Waals surface area contributed by atoms with Gasteiger partial charge in [-0.25, -0.2) is 9.38 Å². The molecule has 23 heavy (non-hydrogen) atoms. The normalized spacial score (nSPS) is 15.1. The molecule has 0 unspecified atom stereocenters. The average molecular weight is 345 g/mol. The fourth-order valence-corrected chi connectivity index (χ4v) is 3.66. The van der Waals surface area contributed by atoms with Crippen molar-refractivity contribution in [2.75, 3.05) is 0 Å². The predicted molar refractivity (Wildman–Crippen MR) is 92.6 cm³/mol. The molecule has 0 radical (unpaired) electrons. The minimum atomic E-state index is -0.243. The number of nitrogens with zero attached hydrogens (tertiary/aromatic N) is 2. The van der Waals surface area contributed by atoms with Gasteiger partial charge in [-0.15, -0.1) is 11.3 Å². The second-order valence-electron chi connectivity index (χ2n) is 5.60. The van der Waals surface area contributed by atoms with E-state index in [-0.39, 0.29) is 5.82 Å². The molecule has 1 fully saturated rings. The van der Waals surface area contributed by atoms with Crippen LogP contribution in [0.3, 0.4) is 0 Å². The molecule has 5 heteroatoms. The van der Waals surface area contributed by atoms with Crippen LogP contribution in [0.1, 0.15) is 18.9 Å². The molecule has 4 rings (SSSR count). The van der Waals surface area contributed by atoms with Gasteiger partial charge in [0.25, 0.3) is 0 Å². The highest BCUT2D eigenvalue weighted by Gasteiger charge is 2.27. The van der Waals surface area contributed by atoms with E-state index in [1.807, 2.05) is 24.3 Å². The topological polar surface area (TPSA) is 17.3 Å². The molecular formula is C18H14ClFN2S. The first-order valence-corrected chi connectivity index (χ1v) is 8.73. The lowest BCUT2D eigenvalue weighted by Gasteiger charge is -2.07. The summed E-state index contributed by atoms with van der Waals surface area (Å²) in [7, 11) is 0. The molecule has 1 aliphatic carbocycles. The van der Waals surface area contributed by atoms with Crippen molar-refractivity contribution in [1.29, 1.82) is 0 Å². The lowest BCUT2D eigenvalue weighted by Crippen LogP contribution is -2.14. The Balaban J connectivity index is 1.82. The van der Waals surface area contributed by atoms with E-state index in [9.17, 15) is 4.39 Å². The molecule has 1 heterocycles. The highest BCUT2D eigenvalue weighted by molar-refractivity contribution is 7.07. The van der Waals surface area contributed by atoms with Crippen LogP contribution >= 0.6 is 22.9 Å². The smallest absolute Gasteiger partial charge is 0.190 e. The van der Waals surface area contributed by atoms with Crippen molar-refractivity contribution < 1.29 is 4.39 Å². The van der Waals surface area contributed by atoms with Crippen molar-refractivity contribution in [2.24, 2.45) is 4.99 Å². The molecule has 0 N–H and O–H groups in total. The molecule has 3 aromatic rings. The standard InChI is InChI=1S/C18H14ClFN2S/c19-13-3-1-12(2-4-13)17-11-23-18(22(17)16-9-10-16)21-15-7-5-14(20)6-8-15/h1-8,11,16H,9-10H2. The zero-order valence-corrected chi connectivity index (χ0v) is 13.8. The highest BCUT2D eigenvalue weighted by atomic mass is 35.5. The van der Waals surface area contributed by atoms with Gasteiger partial charge in [0.2, 0.25) is 0 Å². The minimum Gasteiger partial charge on any atom is -0.313 e. The Morgan fingerprint density at radius 3 is 2.39 bits per heavy atom. The molecule has 2 nitrogen and oxygen atoms in total. The summed E-state index contributed by atoms with van der Waals surface area (Å²) in [6.07, 6.45) is 2.35. The van der Waals surface area contributed by atoms with E-state index in [1.165, 1.54) is 25.0 Å². The van der Waals surface area contributed by atoms with E-state index >= 15 is 0 Å². The van der Waals surface area contributed by atoms with Crippen LogP contribution in [-0.4, -0.2) is 4.57 Å². The number of hydrogen-bond donors (Lipinski definition) is 0. The lowest BCUT2D eigenvalue weighted by molar-refractivity contribution is 0.628. The highest BCUT2D eigenvalue weighted by Crippen LogP contribution is 2.38. The van der Waals surface area contributed by atoms with Crippen LogP contribution in [-0.2, 0) is 0 Å². The van der Waals surface area contributed by atoms with Crippen LogP contribution in [0.15, 0.2) is 58.9 Å². The zero-order valence-electron chi connectivity index (χ0n) is 12.2. The van der Waals surface area contributed by atoms with E-state index in [2.05, 4.69) is 9.95 Å². The Morgan fingerprint density at radius 2 is 1.74 bits per heavy atom. The van der Waals surface area contributed by atoms with Gasteiger partial charge in [0.1, 0.15) is 5.82 Å². The van der Waals surface area contributed by atoms with Crippen molar-refractivity contribution in [3.63, 3.8) is 0 Å². The Bertz CT molecular complexity index is 890. The molecule has 0 saturated heterocycles. The number of hydrogen-bond acceptors (Lipinski definition) is 2. The number of rotatable bonds is 3. The van der Waals surface area contributed by atoms with Crippen molar-refractivity contribution in [2.45, 2.75) is 18.9 Å². The third-order valence-electron chi connectivity index (χ3n) is 3.84. The summed E-state index contributed by atoms with van der Waals surface area (Å²) in [6.45, 7) is 0. The van der Waals surface area contributed by atoms with Gasteiger partial charge in [-0.1, -0.05) is 23.7 Å². The third-order valence-corrected chi connectivity index (χ3v) is 4.94. The maximum Gasteiger partial charge on any atom is 0.190 e. The van der Waals surface area contributed by atoms with E-state index in [4.69, 9.17) is 16.6 Å². The summed E-state index contributed by atoms with van der Waals surface area (Å²) < 4.78 is 15.3. The first-order chi connectivity index (χ1) is 11.2. The quantitative estimate of drug-likeness (QED) is 0.590. The van der Waals surface area contributed by atoms with Crippen molar-refractivity contribution in [3.05, 3.63) is 69.6 Å². The molecule has 116 valence electrons. The summed E-state index contributed by atoms with van der Waals surface area (Å²) in [5, 5.41) is 2.86. The summed E-state index contributed by atoms with van der Waals surface area (Å²) in [5.74, 6) is -0.243. The molecule has 0 amide bonds. The van der Waals surface area contributed by atoms with Gasteiger partial charge in [0, 0.05) is 16.4 Å². The maximum atomic E-state index is 13.0. The Hall–Kier alpha value is -1.91. The summed E-state index contributed by atoms with van der Waals surface area (Å²) in [5.41, 5.74) is 3.07. The summed E-state index contributed by atoms with van der Waals surface area (Å²) >= 11 is 7.60. The van der Waals surface area contributed by atoms with Gasteiger partial charge in [-0.05, 0) is 54.8 Å². The molecule has 0 spiro atoms. The number of aromatic nitrogens is 1. The van der Waals surface area contributed by atoms with Crippen LogP contribution in [0.25, 0.3) is 11.3 Å². The first-order valence-electron chi connectivity index (χ1n) is 7.47. The lowest BCUT2D eigenvalue weighted by atomic mass is 10.2. The first kappa shape index (κ1) is 14.7. The number of benzene rings is 2. The van der Waals surface area contributed by atoms with E-state index in [0.717, 1.165) is 26.8 Å². The summed E-state index contributed by atoms with van der Waals surface area (Å²) in [6, 6.07) is 14.7. The monoisotopic (exact) mass is 344 g/mol. The zero-order chi connectivity index (χ0) is 15.8. The molecule has 1 aromatic heterocycles. The molecule has 0 bridgehead atoms. The largest absolute Gasteiger partial charge is 0.313 e. The molecule has 0 aliphatic heterocycles. The third kappa shape index (κ3) is 3.09. The molecule has 0 atom stereocenters. The van der Waals surface area contributed by atoms with E-state index < -0.39 is 0 Å². The molecular weight excluding hydrogens is 331 g/mol. The summed E-state index contributed by atoms with van der Waals surface area (Å²) in [4.78, 5) is 5.64. The maximum absolute atomic E-state index is 13.0. The SMILES string of the molecule is Fc1ccc(N=c2scc(-c3ccc(Cl)cc3)n2C2CC2)cc1. The minimum absolute atomic E-state index is 0.243. The average Bonchev–Trinajstić information content (AvgIpc) is 3.31. The van der Waals surface area contributed by atoms with Gasteiger partial charge in [-0.3, -0.25) is 0 Å². The van der Waals surface area contributed by atoms with Gasteiger partial charge in [-0.2, -0.15) is 0 Å². The van der Waals surface area contributed by atoms with Gasteiger partial charge in [0.05, 0.1) is 11.4 Å². The number of halogens is 2. The van der Waals surface area contributed by atoms with Gasteiger partial charge >= 0.3 is 0 Å². The fourth-order valence-electron chi connectivity index (χ4n) is 2.54. The van der Waals surface area contributed by atoms with Crippen LogP contribution < -0.4 is 4.80 Å². The molecule has 1 aliphatic rings. The van der Waals surface area contributed by atoms with Crippen LogP contribution in [0.2, 0.25) is 5.02 Å².